The molecule has 1 aliphatic rings. The molecular weight excluding hydrogens is 204 g/mol. The van der Waals surface area contributed by atoms with Crippen molar-refractivity contribution in [1.82, 2.24) is 19.9 Å². The van der Waals surface area contributed by atoms with Crippen LogP contribution in [-0.4, -0.2) is 38.9 Å². The molecule has 0 atom stereocenters. The van der Waals surface area contributed by atoms with E-state index in [0.29, 0.717) is 12.3 Å². The Balaban J connectivity index is 1.69. The largest absolute Gasteiger partial charge is 0.342 e. The maximum absolute atomic E-state index is 11.6. The van der Waals surface area contributed by atoms with Crippen LogP contribution in [-0.2, 0) is 11.3 Å². The minimum atomic E-state index is 0.231. The Bertz CT molecular complexity index is 354. The Morgan fingerprint density at radius 2 is 2.38 bits per heavy atom. The highest BCUT2D eigenvalue weighted by Gasteiger charge is 2.30. The standard InChI is InChI=1S/C11H16N4O/c1-2-3-4-11(16)14-7-10(8-14)9-15-6-5-12-13-15/h2,5-6,10H,1,3-4,7-9H2. The molecule has 5 heteroatoms. The van der Waals surface area contributed by atoms with Crippen molar-refractivity contribution in [3.8, 4) is 0 Å². The molecule has 5 nitrogen and oxygen atoms in total. The minimum Gasteiger partial charge on any atom is -0.342 e. The fourth-order valence-electron chi connectivity index (χ4n) is 1.87. The van der Waals surface area contributed by atoms with Gasteiger partial charge >= 0.3 is 0 Å². The topological polar surface area (TPSA) is 51.0 Å². The van der Waals surface area contributed by atoms with Crippen molar-refractivity contribution in [2.45, 2.75) is 19.4 Å². The molecule has 1 aromatic heterocycles. The van der Waals surface area contributed by atoms with Crippen molar-refractivity contribution in [3.05, 3.63) is 25.0 Å². The summed E-state index contributed by atoms with van der Waals surface area (Å²) < 4.78 is 1.82. The predicted molar refractivity (Wildman–Crippen MR) is 59.5 cm³/mol. The highest BCUT2D eigenvalue weighted by Crippen LogP contribution is 2.18. The van der Waals surface area contributed by atoms with Crippen LogP contribution < -0.4 is 0 Å². The van der Waals surface area contributed by atoms with E-state index in [1.165, 1.54) is 0 Å². The lowest BCUT2D eigenvalue weighted by Crippen LogP contribution is -2.51. The van der Waals surface area contributed by atoms with Crippen LogP contribution >= 0.6 is 0 Å². The molecule has 16 heavy (non-hydrogen) atoms. The summed E-state index contributed by atoms with van der Waals surface area (Å²) in [5.74, 6) is 0.754. The molecule has 1 aliphatic heterocycles. The molecule has 0 unspecified atom stereocenters. The Hall–Kier alpha value is -1.65. The third-order valence-electron chi connectivity index (χ3n) is 2.79. The van der Waals surface area contributed by atoms with Crippen LogP contribution in [0.15, 0.2) is 25.0 Å². The van der Waals surface area contributed by atoms with E-state index in [4.69, 9.17) is 0 Å². The molecule has 86 valence electrons. The van der Waals surface area contributed by atoms with Crippen LogP contribution in [0.25, 0.3) is 0 Å². The van der Waals surface area contributed by atoms with Crippen molar-refractivity contribution >= 4 is 5.91 Å². The minimum absolute atomic E-state index is 0.231. The Morgan fingerprint density at radius 1 is 1.56 bits per heavy atom. The Labute approximate surface area is 94.7 Å². The highest BCUT2D eigenvalue weighted by atomic mass is 16.2. The van der Waals surface area contributed by atoms with Gasteiger partial charge in [0.15, 0.2) is 0 Å². The lowest BCUT2D eigenvalue weighted by Gasteiger charge is -2.39. The van der Waals surface area contributed by atoms with Gasteiger partial charge in [-0.1, -0.05) is 11.3 Å². The first-order valence-corrected chi connectivity index (χ1v) is 5.52. The van der Waals surface area contributed by atoms with Gasteiger partial charge in [0, 0.05) is 38.2 Å². The summed E-state index contributed by atoms with van der Waals surface area (Å²) in [5, 5.41) is 7.66. The van der Waals surface area contributed by atoms with Crippen LogP contribution in [0.1, 0.15) is 12.8 Å². The molecule has 0 radical (unpaired) electrons. The molecule has 1 fully saturated rings. The third kappa shape index (κ3) is 2.48. The van der Waals surface area contributed by atoms with E-state index in [1.54, 1.807) is 12.3 Å². The van der Waals surface area contributed by atoms with Gasteiger partial charge in [-0.2, -0.15) is 0 Å². The van der Waals surface area contributed by atoms with E-state index >= 15 is 0 Å². The van der Waals surface area contributed by atoms with Gasteiger partial charge in [0.25, 0.3) is 0 Å². The van der Waals surface area contributed by atoms with Gasteiger partial charge in [0.2, 0.25) is 5.91 Å². The monoisotopic (exact) mass is 220 g/mol. The zero-order chi connectivity index (χ0) is 11.4. The molecule has 2 heterocycles. The molecule has 0 saturated carbocycles. The second kappa shape index (κ2) is 4.92. The first kappa shape index (κ1) is 10.9. The molecule has 0 aromatic carbocycles. The molecule has 0 aliphatic carbocycles. The number of likely N-dealkylation sites (tertiary alicyclic amines) is 1. The number of aromatic nitrogens is 3. The maximum atomic E-state index is 11.6. The smallest absolute Gasteiger partial charge is 0.222 e. The number of carbonyl (C=O) groups is 1. The predicted octanol–water partition coefficient (Wildman–Crippen LogP) is 0.703. The SMILES string of the molecule is C=CCCC(=O)N1CC(Cn2ccnn2)C1. The average molecular weight is 220 g/mol. The van der Waals surface area contributed by atoms with Crippen molar-refractivity contribution < 1.29 is 4.79 Å². The number of allylic oxidation sites excluding steroid dienone is 1. The lowest BCUT2D eigenvalue weighted by molar-refractivity contribution is -0.137. The molecule has 1 amide bonds. The third-order valence-corrected chi connectivity index (χ3v) is 2.79. The van der Waals surface area contributed by atoms with Gasteiger partial charge in [-0.05, 0) is 6.42 Å². The van der Waals surface area contributed by atoms with Gasteiger partial charge < -0.3 is 4.90 Å². The molecule has 1 saturated heterocycles. The maximum Gasteiger partial charge on any atom is 0.222 e. The van der Waals surface area contributed by atoms with Crippen molar-refractivity contribution in [1.29, 1.82) is 0 Å². The molecule has 0 bridgehead atoms. The number of hydrogen-bond donors (Lipinski definition) is 0. The fourth-order valence-corrected chi connectivity index (χ4v) is 1.87. The fraction of sp³-hybridized carbons (Fsp3) is 0.545. The van der Waals surface area contributed by atoms with Crippen molar-refractivity contribution in [2.24, 2.45) is 5.92 Å². The molecule has 1 aromatic rings. The number of rotatable bonds is 5. The van der Waals surface area contributed by atoms with Gasteiger partial charge in [-0.3, -0.25) is 9.48 Å². The lowest BCUT2D eigenvalue weighted by atomic mass is 9.99. The van der Waals surface area contributed by atoms with Gasteiger partial charge in [-0.15, -0.1) is 11.7 Å². The van der Waals surface area contributed by atoms with Crippen LogP contribution in [0, 0.1) is 5.92 Å². The van der Waals surface area contributed by atoms with Gasteiger partial charge in [-0.25, -0.2) is 0 Å². The molecule has 2 rings (SSSR count). The van der Waals surface area contributed by atoms with Gasteiger partial charge in [0.05, 0.1) is 6.20 Å². The molecular formula is C11H16N4O. The summed E-state index contributed by atoms with van der Waals surface area (Å²) >= 11 is 0. The number of nitrogens with zero attached hydrogens (tertiary/aromatic N) is 4. The van der Waals surface area contributed by atoms with Crippen LogP contribution in [0.2, 0.25) is 0 Å². The summed E-state index contributed by atoms with van der Waals surface area (Å²) in [4.78, 5) is 13.5. The summed E-state index contributed by atoms with van der Waals surface area (Å²) in [6.07, 6.45) is 6.65. The molecule has 0 spiro atoms. The van der Waals surface area contributed by atoms with E-state index in [9.17, 15) is 4.79 Å². The average Bonchev–Trinajstić information content (AvgIpc) is 2.72. The summed E-state index contributed by atoms with van der Waals surface area (Å²) in [7, 11) is 0. The second-order valence-electron chi connectivity index (χ2n) is 4.12. The van der Waals surface area contributed by atoms with E-state index in [-0.39, 0.29) is 5.91 Å². The van der Waals surface area contributed by atoms with Crippen molar-refractivity contribution in [2.75, 3.05) is 13.1 Å². The highest BCUT2D eigenvalue weighted by molar-refractivity contribution is 5.77. The van der Waals surface area contributed by atoms with E-state index in [1.807, 2.05) is 15.8 Å². The summed E-state index contributed by atoms with van der Waals surface area (Å²) in [5.41, 5.74) is 0. The van der Waals surface area contributed by atoms with Crippen LogP contribution in [0.5, 0.6) is 0 Å². The Kier molecular flexibility index (Phi) is 3.34. The first-order valence-electron chi connectivity index (χ1n) is 5.52. The number of amides is 1. The Morgan fingerprint density at radius 3 is 3.00 bits per heavy atom. The van der Waals surface area contributed by atoms with Crippen LogP contribution in [0.3, 0.4) is 0 Å². The normalized spacial score (nSPS) is 15.9. The summed E-state index contributed by atoms with van der Waals surface area (Å²) in [6.45, 7) is 6.15. The van der Waals surface area contributed by atoms with Gasteiger partial charge in [0.1, 0.15) is 0 Å². The quantitative estimate of drug-likeness (QED) is 0.686. The van der Waals surface area contributed by atoms with E-state index in [2.05, 4.69) is 16.9 Å². The molecule has 0 N–H and O–H groups in total. The summed E-state index contributed by atoms with van der Waals surface area (Å²) in [6, 6.07) is 0. The zero-order valence-corrected chi connectivity index (χ0v) is 9.25. The number of hydrogen-bond acceptors (Lipinski definition) is 3. The first-order chi connectivity index (χ1) is 7.79. The number of carbonyl (C=O) groups excluding carboxylic acids is 1. The van der Waals surface area contributed by atoms with Crippen LogP contribution in [0.4, 0.5) is 0 Å². The van der Waals surface area contributed by atoms with E-state index < -0.39 is 0 Å². The second-order valence-corrected chi connectivity index (χ2v) is 4.12. The van der Waals surface area contributed by atoms with E-state index in [0.717, 1.165) is 26.1 Å². The van der Waals surface area contributed by atoms with Crippen molar-refractivity contribution in [3.63, 3.8) is 0 Å². The zero-order valence-electron chi connectivity index (χ0n) is 9.25.